The number of hydrogen-bond donors (Lipinski definition) is 1. The van der Waals surface area contributed by atoms with Crippen molar-refractivity contribution in [3.63, 3.8) is 0 Å². The lowest BCUT2D eigenvalue weighted by molar-refractivity contribution is -0.101. The first-order valence-corrected chi connectivity index (χ1v) is 6.31. The Morgan fingerprint density at radius 2 is 2.00 bits per heavy atom. The maximum atomic E-state index is 6.00. The van der Waals surface area contributed by atoms with Crippen LogP contribution in [0.1, 0.15) is 44.4 Å². The molecule has 1 aromatic rings. The number of rotatable bonds is 4. The highest BCUT2D eigenvalue weighted by Gasteiger charge is 2.39. The third-order valence-electron chi connectivity index (χ3n) is 3.54. The Morgan fingerprint density at radius 3 is 2.56 bits per heavy atom. The highest BCUT2D eigenvalue weighted by atomic mass is 16.5. The highest BCUT2D eigenvalue weighted by Crippen LogP contribution is 2.34. The number of hydrogen-bond acceptors (Lipinski definition) is 6. The molecule has 102 valence electrons. The average molecular weight is 255 g/mol. The highest BCUT2D eigenvalue weighted by molar-refractivity contribution is 5.04. The van der Waals surface area contributed by atoms with Crippen molar-refractivity contribution in [2.75, 3.05) is 20.3 Å². The van der Waals surface area contributed by atoms with E-state index in [9.17, 15) is 0 Å². The quantitative estimate of drug-likeness (QED) is 0.875. The molecule has 1 saturated heterocycles. The Bertz CT molecular complexity index is 386. The summed E-state index contributed by atoms with van der Waals surface area (Å²) in [5.74, 6) is 1.31. The van der Waals surface area contributed by atoms with Crippen molar-refractivity contribution >= 4 is 0 Å². The summed E-state index contributed by atoms with van der Waals surface area (Å²) in [6, 6.07) is -0.236. The molecule has 0 spiro atoms. The summed E-state index contributed by atoms with van der Waals surface area (Å²) in [5.41, 5.74) is 5.51. The van der Waals surface area contributed by atoms with Gasteiger partial charge in [0.05, 0.1) is 6.04 Å². The average Bonchev–Trinajstić information content (AvgIpc) is 2.88. The molecule has 1 aromatic heterocycles. The molecule has 18 heavy (non-hydrogen) atoms. The molecule has 6 nitrogen and oxygen atoms in total. The molecule has 1 aliphatic heterocycles. The molecule has 0 bridgehead atoms. The van der Waals surface area contributed by atoms with E-state index in [1.165, 1.54) is 0 Å². The van der Waals surface area contributed by atoms with Crippen molar-refractivity contribution < 1.29 is 14.0 Å². The predicted molar refractivity (Wildman–Crippen MR) is 64.8 cm³/mol. The first-order valence-electron chi connectivity index (χ1n) is 6.31. The van der Waals surface area contributed by atoms with Crippen molar-refractivity contribution in [3.8, 4) is 0 Å². The predicted octanol–water partition coefficient (Wildman–Crippen LogP) is 1.38. The van der Waals surface area contributed by atoms with Crippen LogP contribution in [0, 0.1) is 5.92 Å². The molecule has 2 heterocycles. The van der Waals surface area contributed by atoms with Gasteiger partial charge in [0.25, 0.3) is 0 Å². The van der Waals surface area contributed by atoms with Crippen molar-refractivity contribution in [1.82, 2.24) is 10.1 Å². The van der Waals surface area contributed by atoms with Gasteiger partial charge in [0, 0.05) is 33.2 Å². The lowest BCUT2D eigenvalue weighted by atomic mass is 9.93. The summed E-state index contributed by atoms with van der Waals surface area (Å²) in [6.07, 6.45) is 1.47. The maximum Gasteiger partial charge on any atom is 0.243 e. The fourth-order valence-corrected chi connectivity index (χ4v) is 2.06. The second-order valence-electron chi connectivity index (χ2n) is 5.04. The van der Waals surface area contributed by atoms with Gasteiger partial charge in [0.15, 0.2) is 0 Å². The molecule has 6 heteroatoms. The zero-order chi connectivity index (χ0) is 13.2. The summed E-state index contributed by atoms with van der Waals surface area (Å²) in [5, 5.41) is 4.04. The third-order valence-corrected chi connectivity index (χ3v) is 3.54. The van der Waals surface area contributed by atoms with Crippen LogP contribution in [-0.2, 0) is 15.1 Å². The summed E-state index contributed by atoms with van der Waals surface area (Å²) in [6.45, 7) is 5.34. The largest absolute Gasteiger partial charge is 0.381 e. The van der Waals surface area contributed by atoms with Gasteiger partial charge < -0.3 is 19.7 Å². The Balaban J connectivity index is 2.22. The van der Waals surface area contributed by atoms with E-state index >= 15 is 0 Å². The van der Waals surface area contributed by atoms with Gasteiger partial charge in [-0.15, -0.1) is 0 Å². The monoisotopic (exact) mass is 255 g/mol. The standard InChI is InChI=1S/C12H21N3O3/c1-8(2)9(13)10-14-11(15-18-10)12(16-3)4-6-17-7-5-12/h8-9H,4-7,13H2,1-3H3. The molecule has 0 aromatic carbocycles. The Morgan fingerprint density at radius 1 is 1.33 bits per heavy atom. The molecule has 1 atom stereocenters. The van der Waals surface area contributed by atoms with E-state index in [4.69, 9.17) is 19.7 Å². The van der Waals surface area contributed by atoms with Gasteiger partial charge in [-0.05, 0) is 5.92 Å². The molecule has 0 aliphatic carbocycles. The minimum Gasteiger partial charge on any atom is -0.381 e. The molecule has 0 amide bonds. The van der Waals surface area contributed by atoms with E-state index in [1.54, 1.807) is 7.11 Å². The van der Waals surface area contributed by atoms with Crippen molar-refractivity contribution in [2.45, 2.75) is 38.3 Å². The molecule has 0 saturated carbocycles. The number of nitrogens with two attached hydrogens (primary N) is 1. The Labute approximate surface area is 107 Å². The van der Waals surface area contributed by atoms with Gasteiger partial charge in [-0.3, -0.25) is 0 Å². The van der Waals surface area contributed by atoms with Gasteiger partial charge in [0.1, 0.15) is 5.60 Å². The first kappa shape index (κ1) is 13.5. The van der Waals surface area contributed by atoms with Crippen LogP contribution < -0.4 is 5.73 Å². The fourth-order valence-electron chi connectivity index (χ4n) is 2.06. The molecule has 0 radical (unpaired) electrons. The number of aromatic nitrogens is 2. The van der Waals surface area contributed by atoms with E-state index in [0.717, 1.165) is 12.8 Å². The van der Waals surface area contributed by atoms with Crippen LogP contribution in [0.25, 0.3) is 0 Å². The van der Waals surface area contributed by atoms with Crippen molar-refractivity contribution in [2.24, 2.45) is 11.7 Å². The van der Waals surface area contributed by atoms with Crippen molar-refractivity contribution in [1.29, 1.82) is 0 Å². The zero-order valence-electron chi connectivity index (χ0n) is 11.2. The molecule has 1 fully saturated rings. The maximum absolute atomic E-state index is 6.00. The van der Waals surface area contributed by atoms with Gasteiger partial charge in [-0.25, -0.2) is 0 Å². The van der Waals surface area contributed by atoms with Crippen LogP contribution in [0.5, 0.6) is 0 Å². The van der Waals surface area contributed by atoms with Gasteiger partial charge in [-0.1, -0.05) is 19.0 Å². The lowest BCUT2D eigenvalue weighted by Crippen LogP contribution is -2.36. The molecule has 2 rings (SSSR count). The summed E-state index contributed by atoms with van der Waals surface area (Å²) in [4.78, 5) is 4.41. The van der Waals surface area contributed by atoms with E-state index in [-0.39, 0.29) is 12.0 Å². The third kappa shape index (κ3) is 2.41. The number of nitrogens with zero attached hydrogens (tertiary/aromatic N) is 2. The van der Waals surface area contributed by atoms with Gasteiger partial charge in [0.2, 0.25) is 11.7 Å². The molecular formula is C12H21N3O3. The number of ether oxygens (including phenoxy) is 2. The van der Waals surface area contributed by atoms with Crippen LogP contribution in [0.2, 0.25) is 0 Å². The Kier molecular flexibility index (Phi) is 3.99. The van der Waals surface area contributed by atoms with E-state index < -0.39 is 5.60 Å². The van der Waals surface area contributed by atoms with Crippen LogP contribution in [0.15, 0.2) is 4.52 Å². The van der Waals surface area contributed by atoms with Crippen molar-refractivity contribution in [3.05, 3.63) is 11.7 Å². The molecule has 2 N–H and O–H groups in total. The first-order chi connectivity index (χ1) is 8.59. The summed E-state index contributed by atoms with van der Waals surface area (Å²) < 4.78 is 16.2. The van der Waals surface area contributed by atoms with Crippen LogP contribution in [-0.4, -0.2) is 30.5 Å². The topological polar surface area (TPSA) is 83.4 Å². The molecule has 1 aliphatic rings. The number of methoxy groups -OCH3 is 1. The van der Waals surface area contributed by atoms with Crippen LogP contribution >= 0.6 is 0 Å². The van der Waals surface area contributed by atoms with Gasteiger partial charge >= 0.3 is 0 Å². The van der Waals surface area contributed by atoms with E-state index in [2.05, 4.69) is 10.1 Å². The zero-order valence-corrected chi connectivity index (χ0v) is 11.2. The van der Waals surface area contributed by atoms with E-state index in [0.29, 0.717) is 24.9 Å². The normalized spacial score (nSPS) is 21.2. The minimum atomic E-state index is -0.489. The summed E-state index contributed by atoms with van der Waals surface area (Å²) >= 11 is 0. The second-order valence-corrected chi connectivity index (χ2v) is 5.04. The Hall–Kier alpha value is -0.980. The van der Waals surface area contributed by atoms with Gasteiger partial charge in [-0.2, -0.15) is 4.98 Å². The summed E-state index contributed by atoms with van der Waals surface area (Å²) in [7, 11) is 1.67. The van der Waals surface area contributed by atoms with Crippen LogP contribution in [0.4, 0.5) is 0 Å². The lowest BCUT2D eigenvalue weighted by Gasteiger charge is -2.32. The smallest absolute Gasteiger partial charge is 0.243 e. The molecule has 1 unspecified atom stereocenters. The molecular weight excluding hydrogens is 234 g/mol. The fraction of sp³-hybridized carbons (Fsp3) is 0.833. The second kappa shape index (κ2) is 5.34. The SMILES string of the molecule is COC1(c2noc(C(N)C(C)C)n2)CCOCC1. The minimum absolute atomic E-state index is 0.236. The van der Waals surface area contributed by atoms with Crippen LogP contribution in [0.3, 0.4) is 0 Å². The van der Waals surface area contributed by atoms with E-state index in [1.807, 2.05) is 13.8 Å².